The number of amides is 3. The van der Waals surface area contributed by atoms with Crippen LogP contribution in [0.1, 0.15) is 59.4 Å². The lowest BCUT2D eigenvalue weighted by Gasteiger charge is -2.26. The van der Waals surface area contributed by atoms with Gasteiger partial charge in [-0.3, -0.25) is 9.59 Å². The Morgan fingerprint density at radius 1 is 0.912 bits per heavy atom. The maximum atomic E-state index is 13.1. The maximum absolute atomic E-state index is 13.1. The number of rotatable bonds is 14. The van der Waals surface area contributed by atoms with Crippen LogP contribution in [0.15, 0.2) is 42.5 Å². The maximum Gasteiger partial charge on any atom is 0.408 e. The average molecular weight is 474 g/mol. The molecule has 0 aromatic heterocycles. The molecule has 3 N–H and O–H groups in total. The van der Waals surface area contributed by atoms with Crippen molar-refractivity contribution in [2.24, 2.45) is 11.8 Å². The zero-order chi connectivity index (χ0) is 25.7. The lowest BCUT2D eigenvalue weighted by Crippen LogP contribution is -2.55. The molecule has 1 aromatic rings. The molecule has 0 unspecified atom stereocenters. The highest BCUT2D eigenvalue weighted by atomic mass is 16.5. The molecular weight excluding hydrogens is 434 g/mol. The summed E-state index contributed by atoms with van der Waals surface area (Å²) in [7, 11) is 0. The molecule has 34 heavy (non-hydrogen) atoms. The van der Waals surface area contributed by atoms with Gasteiger partial charge in [0.2, 0.25) is 11.8 Å². The Morgan fingerprint density at radius 3 is 1.94 bits per heavy atom. The van der Waals surface area contributed by atoms with E-state index in [2.05, 4.69) is 22.5 Å². The molecule has 8 heteroatoms. The molecule has 0 aliphatic rings. The summed E-state index contributed by atoms with van der Waals surface area (Å²) in [5.41, 5.74) is 1.59. The van der Waals surface area contributed by atoms with E-state index < -0.39 is 36.0 Å². The van der Waals surface area contributed by atoms with Crippen molar-refractivity contribution in [3.05, 3.63) is 48.0 Å². The summed E-state index contributed by atoms with van der Waals surface area (Å²) >= 11 is 0. The molecule has 1 aromatic carbocycles. The van der Waals surface area contributed by atoms with Crippen LogP contribution < -0.4 is 16.0 Å². The summed E-state index contributed by atoms with van der Waals surface area (Å²) in [6.07, 6.45) is 1.02. The predicted octanol–water partition coefficient (Wildman–Crippen LogP) is 3.51. The van der Waals surface area contributed by atoms with Gasteiger partial charge in [-0.25, -0.2) is 4.79 Å². The molecule has 0 saturated heterocycles. The van der Waals surface area contributed by atoms with Gasteiger partial charge in [0.15, 0.2) is 0 Å². The zero-order valence-corrected chi connectivity index (χ0v) is 20.9. The van der Waals surface area contributed by atoms with Crippen LogP contribution >= 0.6 is 0 Å². The number of carbonyl (C=O) groups is 4. The van der Waals surface area contributed by atoms with E-state index in [4.69, 9.17) is 4.74 Å². The lowest BCUT2D eigenvalue weighted by atomic mass is 9.99. The topological polar surface area (TPSA) is 114 Å². The van der Waals surface area contributed by atoms with Crippen LogP contribution in [-0.2, 0) is 25.7 Å². The van der Waals surface area contributed by atoms with Crippen LogP contribution in [0.25, 0.3) is 0 Å². The highest BCUT2D eigenvalue weighted by Crippen LogP contribution is 2.10. The fraction of sp³-hybridized carbons (Fsp3) is 0.538. The van der Waals surface area contributed by atoms with Gasteiger partial charge >= 0.3 is 6.09 Å². The van der Waals surface area contributed by atoms with E-state index >= 15 is 0 Å². The Hall–Kier alpha value is -3.16. The first-order valence-electron chi connectivity index (χ1n) is 11.7. The summed E-state index contributed by atoms with van der Waals surface area (Å²) < 4.78 is 5.25. The van der Waals surface area contributed by atoms with Crippen molar-refractivity contribution in [2.45, 2.75) is 78.6 Å². The largest absolute Gasteiger partial charge is 0.445 e. The number of carbonyl (C=O) groups excluding carboxylic acids is 4. The predicted molar refractivity (Wildman–Crippen MR) is 132 cm³/mol. The average Bonchev–Trinajstić information content (AvgIpc) is 2.76. The van der Waals surface area contributed by atoms with Gasteiger partial charge < -0.3 is 25.5 Å². The van der Waals surface area contributed by atoms with E-state index in [1.807, 2.05) is 58.0 Å². The molecule has 0 heterocycles. The Bertz CT molecular complexity index is 823. The number of ether oxygens (including phenoxy) is 1. The van der Waals surface area contributed by atoms with Crippen LogP contribution in [0.3, 0.4) is 0 Å². The number of benzene rings is 1. The minimum atomic E-state index is -0.872. The first kappa shape index (κ1) is 28.9. The second-order valence-corrected chi connectivity index (χ2v) is 9.49. The smallest absolute Gasteiger partial charge is 0.408 e. The fourth-order valence-electron chi connectivity index (χ4n) is 3.38. The Morgan fingerprint density at radius 2 is 1.44 bits per heavy atom. The third-order valence-electron chi connectivity index (χ3n) is 4.93. The normalized spacial score (nSPS) is 13.5. The van der Waals surface area contributed by atoms with E-state index in [0.29, 0.717) is 25.5 Å². The number of nitrogens with one attached hydrogen (secondary N) is 3. The van der Waals surface area contributed by atoms with Gasteiger partial charge in [-0.05, 0) is 43.6 Å². The van der Waals surface area contributed by atoms with Crippen molar-refractivity contribution in [3.63, 3.8) is 0 Å². The van der Waals surface area contributed by atoms with Crippen LogP contribution in [0.2, 0.25) is 0 Å². The van der Waals surface area contributed by atoms with Gasteiger partial charge in [0.1, 0.15) is 25.0 Å². The van der Waals surface area contributed by atoms with Crippen LogP contribution in [0, 0.1) is 11.8 Å². The van der Waals surface area contributed by atoms with Crippen molar-refractivity contribution in [3.8, 4) is 0 Å². The van der Waals surface area contributed by atoms with Gasteiger partial charge in [-0.1, -0.05) is 63.6 Å². The molecule has 3 amide bonds. The van der Waals surface area contributed by atoms with Crippen molar-refractivity contribution < 1.29 is 23.9 Å². The van der Waals surface area contributed by atoms with Crippen LogP contribution in [0.5, 0.6) is 0 Å². The van der Waals surface area contributed by atoms with Gasteiger partial charge in [0.05, 0.1) is 6.04 Å². The second kappa shape index (κ2) is 14.9. The van der Waals surface area contributed by atoms with E-state index in [1.165, 1.54) is 0 Å². The molecule has 0 aliphatic carbocycles. The summed E-state index contributed by atoms with van der Waals surface area (Å²) in [4.78, 5) is 49.6. The van der Waals surface area contributed by atoms with E-state index in [9.17, 15) is 19.2 Å². The third-order valence-corrected chi connectivity index (χ3v) is 4.93. The van der Waals surface area contributed by atoms with E-state index in [1.54, 1.807) is 6.92 Å². The monoisotopic (exact) mass is 473 g/mol. The van der Waals surface area contributed by atoms with Crippen molar-refractivity contribution in [1.29, 1.82) is 0 Å². The molecular formula is C26H39N3O5. The Balaban J connectivity index is 2.85. The van der Waals surface area contributed by atoms with E-state index in [0.717, 1.165) is 11.1 Å². The molecule has 0 saturated carbocycles. The molecule has 0 radical (unpaired) electrons. The number of hydrogen-bond acceptors (Lipinski definition) is 5. The Kier molecular flexibility index (Phi) is 12.6. The third kappa shape index (κ3) is 11.6. The minimum Gasteiger partial charge on any atom is -0.445 e. The molecule has 188 valence electrons. The number of hydrogen-bond donors (Lipinski definition) is 3. The Labute approximate surface area is 202 Å². The quantitative estimate of drug-likeness (QED) is 0.283. The van der Waals surface area contributed by atoms with Crippen molar-refractivity contribution in [1.82, 2.24) is 16.0 Å². The lowest BCUT2D eigenvalue weighted by molar-refractivity contribution is -0.131. The SMILES string of the molecule is C=C(C)C[C@H](C=O)NC(=O)[C@@H](CC(C)C)NC(=O)[C@@H](CC(C)C)NC(=O)OCc1ccccc1. The molecule has 3 atom stereocenters. The standard InChI is InChI=1S/C26H39N3O5/c1-17(2)12-21(15-30)27-24(31)22(13-18(3)4)28-25(32)23(14-19(5)6)29-26(33)34-16-20-10-8-7-9-11-20/h7-11,15,18-19,21-23H,1,12-14,16H2,2-6H3,(H,27,31)(H,28,32)(H,29,33)/t21-,22-,23-/m1/s1. The fourth-order valence-corrected chi connectivity index (χ4v) is 3.38. The summed E-state index contributed by atoms with van der Waals surface area (Å²) in [6, 6.07) is 6.79. The summed E-state index contributed by atoms with van der Waals surface area (Å²) in [6.45, 7) is 13.4. The van der Waals surface area contributed by atoms with Gasteiger partial charge in [0.25, 0.3) is 0 Å². The van der Waals surface area contributed by atoms with Gasteiger partial charge in [-0.15, -0.1) is 6.58 Å². The van der Waals surface area contributed by atoms with E-state index in [-0.39, 0.29) is 18.4 Å². The van der Waals surface area contributed by atoms with Crippen LogP contribution in [0.4, 0.5) is 4.79 Å². The molecule has 0 bridgehead atoms. The van der Waals surface area contributed by atoms with Gasteiger partial charge in [-0.2, -0.15) is 0 Å². The number of aldehydes is 1. The number of alkyl carbamates (subject to hydrolysis) is 1. The summed E-state index contributed by atoms with van der Waals surface area (Å²) in [5.74, 6) is -0.708. The summed E-state index contributed by atoms with van der Waals surface area (Å²) in [5, 5.41) is 8.05. The van der Waals surface area contributed by atoms with Gasteiger partial charge in [0, 0.05) is 0 Å². The second-order valence-electron chi connectivity index (χ2n) is 9.49. The first-order chi connectivity index (χ1) is 16.0. The first-order valence-corrected chi connectivity index (χ1v) is 11.7. The molecule has 1 rings (SSSR count). The highest BCUT2D eigenvalue weighted by Gasteiger charge is 2.29. The molecule has 0 aliphatic heterocycles. The minimum absolute atomic E-state index is 0.0802. The molecule has 0 spiro atoms. The molecule has 0 fully saturated rings. The van der Waals surface area contributed by atoms with Crippen molar-refractivity contribution in [2.75, 3.05) is 0 Å². The van der Waals surface area contributed by atoms with Crippen LogP contribution in [-0.4, -0.2) is 42.3 Å². The van der Waals surface area contributed by atoms with Crippen molar-refractivity contribution >= 4 is 24.2 Å². The molecule has 8 nitrogen and oxygen atoms in total. The highest BCUT2D eigenvalue weighted by molar-refractivity contribution is 5.92. The zero-order valence-electron chi connectivity index (χ0n) is 20.9.